The second-order valence-corrected chi connectivity index (χ2v) is 7.91. The Hall–Kier alpha value is -3.29. The van der Waals surface area contributed by atoms with Crippen molar-refractivity contribution in [3.63, 3.8) is 0 Å². The summed E-state index contributed by atoms with van der Waals surface area (Å²) in [4.78, 5) is 26.5. The average molecular weight is 410 g/mol. The minimum Gasteiger partial charge on any atom is -0.447 e. The fraction of sp³-hybridized carbons (Fsp3) is 0.409. The van der Waals surface area contributed by atoms with Gasteiger partial charge in [0.25, 0.3) is 5.69 Å². The Morgan fingerprint density at radius 1 is 1.13 bits per heavy atom. The average Bonchev–Trinajstić information content (AvgIpc) is 3.19. The fourth-order valence-corrected chi connectivity index (χ4v) is 3.91. The van der Waals surface area contributed by atoms with E-state index in [1.54, 1.807) is 6.07 Å². The number of non-ortho nitro benzene ring substituents is 1. The number of nitrogens with one attached hydrogen (secondary N) is 1. The van der Waals surface area contributed by atoms with E-state index < -0.39 is 11.0 Å². The van der Waals surface area contributed by atoms with Crippen LogP contribution in [0.5, 0.6) is 0 Å². The van der Waals surface area contributed by atoms with Crippen LogP contribution >= 0.6 is 0 Å². The van der Waals surface area contributed by atoms with Gasteiger partial charge in [0.05, 0.1) is 22.8 Å². The number of ether oxygens (including phenoxy) is 1. The van der Waals surface area contributed by atoms with Crippen LogP contribution in [-0.4, -0.2) is 37.3 Å². The molecule has 8 nitrogen and oxygen atoms in total. The lowest BCUT2D eigenvalue weighted by molar-refractivity contribution is -0.384. The number of hydrogen-bond donors (Lipinski definition) is 1. The molecule has 1 N–H and O–H groups in total. The van der Waals surface area contributed by atoms with Crippen molar-refractivity contribution in [2.24, 2.45) is 5.92 Å². The van der Waals surface area contributed by atoms with E-state index in [1.807, 2.05) is 0 Å². The van der Waals surface area contributed by atoms with Crippen LogP contribution in [0.4, 0.5) is 27.5 Å². The van der Waals surface area contributed by atoms with Crippen molar-refractivity contribution in [2.75, 3.05) is 41.4 Å². The fourth-order valence-electron chi connectivity index (χ4n) is 3.91. The molecule has 2 aliphatic heterocycles. The molecule has 2 fully saturated rings. The molecule has 0 unspecified atom stereocenters. The van der Waals surface area contributed by atoms with Gasteiger partial charge in [-0.2, -0.15) is 0 Å². The highest BCUT2D eigenvalue weighted by molar-refractivity contribution is 5.94. The zero-order chi connectivity index (χ0) is 21.1. The number of anilines is 3. The van der Waals surface area contributed by atoms with Crippen LogP contribution in [0, 0.1) is 16.0 Å². The first-order valence-electron chi connectivity index (χ1n) is 10.3. The third kappa shape index (κ3) is 4.32. The number of benzene rings is 2. The van der Waals surface area contributed by atoms with E-state index in [1.165, 1.54) is 35.6 Å². The van der Waals surface area contributed by atoms with Crippen LogP contribution in [-0.2, 0) is 11.3 Å². The highest BCUT2D eigenvalue weighted by Crippen LogP contribution is 2.33. The number of nitrogens with zero attached hydrogens (tertiary/aromatic N) is 3. The summed E-state index contributed by atoms with van der Waals surface area (Å²) in [6.45, 7) is 5.69. The predicted octanol–water partition coefficient (Wildman–Crippen LogP) is 4.40. The minimum atomic E-state index is -0.487. The molecule has 2 aliphatic rings. The summed E-state index contributed by atoms with van der Waals surface area (Å²) in [5.41, 5.74) is 3.40. The molecule has 2 saturated heterocycles. The van der Waals surface area contributed by atoms with E-state index >= 15 is 0 Å². The van der Waals surface area contributed by atoms with Gasteiger partial charge in [-0.15, -0.1) is 0 Å². The molecule has 0 atom stereocenters. The largest absolute Gasteiger partial charge is 0.447 e. The monoisotopic (exact) mass is 410 g/mol. The summed E-state index contributed by atoms with van der Waals surface area (Å²) in [5.74, 6) is 0.800. The van der Waals surface area contributed by atoms with Crippen molar-refractivity contribution in [2.45, 2.75) is 26.3 Å². The third-order valence-corrected chi connectivity index (χ3v) is 5.81. The smallest absolute Gasteiger partial charge is 0.414 e. The van der Waals surface area contributed by atoms with E-state index in [0.717, 1.165) is 24.6 Å². The lowest BCUT2D eigenvalue weighted by Crippen LogP contribution is -2.32. The first-order valence-corrected chi connectivity index (χ1v) is 10.3. The molecule has 0 radical (unpaired) electrons. The van der Waals surface area contributed by atoms with E-state index in [9.17, 15) is 14.9 Å². The SMILES string of the molecule is CC1CCN(c2ccc(CNc3ccc([N+](=O)[O-])cc3N3CCOC3=O)cc2)CC1. The summed E-state index contributed by atoms with van der Waals surface area (Å²) in [6.07, 6.45) is 1.97. The number of cyclic esters (lactones) is 1. The zero-order valence-corrected chi connectivity index (χ0v) is 17.0. The quantitative estimate of drug-likeness (QED) is 0.561. The van der Waals surface area contributed by atoms with Gasteiger partial charge in [-0.25, -0.2) is 4.79 Å². The molecule has 2 heterocycles. The number of rotatable bonds is 6. The molecule has 2 aromatic rings. The Morgan fingerprint density at radius 3 is 2.50 bits per heavy atom. The van der Waals surface area contributed by atoms with E-state index in [4.69, 9.17) is 4.74 Å². The molecule has 158 valence electrons. The van der Waals surface area contributed by atoms with Gasteiger partial charge in [-0.1, -0.05) is 19.1 Å². The van der Waals surface area contributed by atoms with Crippen molar-refractivity contribution < 1.29 is 14.5 Å². The number of nitro groups is 1. The van der Waals surface area contributed by atoms with Gasteiger partial charge in [-0.3, -0.25) is 15.0 Å². The van der Waals surface area contributed by atoms with Crippen molar-refractivity contribution in [3.8, 4) is 0 Å². The van der Waals surface area contributed by atoms with E-state index in [2.05, 4.69) is 41.4 Å². The van der Waals surface area contributed by atoms with Crippen LogP contribution in [0.1, 0.15) is 25.3 Å². The Bertz CT molecular complexity index is 923. The maximum absolute atomic E-state index is 12.0. The summed E-state index contributed by atoms with van der Waals surface area (Å²) in [6, 6.07) is 13.0. The van der Waals surface area contributed by atoms with E-state index in [-0.39, 0.29) is 12.3 Å². The Kier molecular flexibility index (Phi) is 5.74. The number of hydrogen-bond acceptors (Lipinski definition) is 6. The van der Waals surface area contributed by atoms with Crippen molar-refractivity contribution in [1.29, 1.82) is 0 Å². The van der Waals surface area contributed by atoms with Crippen molar-refractivity contribution in [3.05, 3.63) is 58.1 Å². The van der Waals surface area contributed by atoms with Gasteiger partial charge >= 0.3 is 6.09 Å². The van der Waals surface area contributed by atoms with Crippen LogP contribution in [0.2, 0.25) is 0 Å². The van der Waals surface area contributed by atoms with Crippen LogP contribution in [0.3, 0.4) is 0 Å². The molecule has 0 aromatic heterocycles. The van der Waals surface area contributed by atoms with Gasteiger partial charge in [0.1, 0.15) is 6.61 Å². The third-order valence-electron chi connectivity index (χ3n) is 5.81. The van der Waals surface area contributed by atoms with Crippen LogP contribution in [0.15, 0.2) is 42.5 Å². The number of amides is 1. The Labute approximate surface area is 175 Å². The van der Waals surface area contributed by atoms with Gasteiger partial charge in [0.2, 0.25) is 0 Å². The Balaban J connectivity index is 1.46. The molecule has 0 aliphatic carbocycles. The maximum atomic E-state index is 12.0. The Morgan fingerprint density at radius 2 is 1.87 bits per heavy atom. The molecule has 1 amide bonds. The predicted molar refractivity (Wildman–Crippen MR) is 116 cm³/mol. The number of nitro benzene ring substituents is 1. The van der Waals surface area contributed by atoms with Crippen LogP contribution in [0.25, 0.3) is 0 Å². The summed E-state index contributed by atoms with van der Waals surface area (Å²) < 4.78 is 5.00. The molecular weight excluding hydrogens is 384 g/mol. The van der Waals surface area contributed by atoms with Crippen molar-refractivity contribution in [1.82, 2.24) is 0 Å². The standard InChI is InChI=1S/C22H26N4O4/c1-16-8-10-24(11-9-16)18-4-2-17(3-5-18)15-23-20-7-6-19(26(28)29)14-21(20)25-12-13-30-22(25)27/h2-7,14,16,23H,8-13,15H2,1H3. The molecule has 0 spiro atoms. The molecule has 4 rings (SSSR count). The minimum absolute atomic E-state index is 0.0598. The second-order valence-electron chi connectivity index (χ2n) is 7.91. The van der Waals surface area contributed by atoms with Gasteiger partial charge in [0.15, 0.2) is 0 Å². The number of carbonyl (C=O) groups is 1. The van der Waals surface area contributed by atoms with Gasteiger partial charge in [-0.05, 0) is 42.5 Å². The lowest BCUT2D eigenvalue weighted by atomic mass is 9.99. The zero-order valence-electron chi connectivity index (χ0n) is 17.0. The molecular formula is C22H26N4O4. The normalized spacial score (nSPS) is 17.2. The summed E-state index contributed by atoms with van der Waals surface area (Å²) in [7, 11) is 0. The molecule has 30 heavy (non-hydrogen) atoms. The molecule has 8 heteroatoms. The van der Waals surface area contributed by atoms with Crippen LogP contribution < -0.4 is 15.1 Å². The highest BCUT2D eigenvalue weighted by atomic mass is 16.6. The molecule has 2 aromatic carbocycles. The topological polar surface area (TPSA) is 87.9 Å². The second kappa shape index (κ2) is 8.61. The molecule has 0 saturated carbocycles. The summed E-state index contributed by atoms with van der Waals surface area (Å²) in [5, 5.41) is 14.5. The van der Waals surface area contributed by atoms with E-state index in [0.29, 0.717) is 24.5 Å². The van der Waals surface area contributed by atoms with Crippen molar-refractivity contribution >= 4 is 28.8 Å². The summed E-state index contributed by atoms with van der Waals surface area (Å²) >= 11 is 0. The maximum Gasteiger partial charge on any atom is 0.414 e. The first kappa shape index (κ1) is 20.0. The van der Waals surface area contributed by atoms with Gasteiger partial charge in [0, 0.05) is 37.5 Å². The molecule has 0 bridgehead atoms. The lowest BCUT2D eigenvalue weighted by Gasteiger charge is -2.32. The number of piperidine rings is 1. The highest BCUT2D eigenvalue weighted by Gasteiger charge is 2.27. The first-order chi connectivity index (χ1) is 14.5. The number of carbonyl (C=O) groups excluding carboxylic acids is 1. The van der Waals surface area contributed by atoms with Gasteiger partial charge < -0.3 is 15.0 Å².